The zero-order chi connectivity index (χ0) is 16.1. The summed E-state index contributed by atoms with van der Waals surface area (Å²) in [5.74, 6) is 0. The number of piperazine rings is 1. The lowest BCUT2D eigenvalue weighted by Gasteiger charge is -2.32. The maximum absolute atomic E-state index is 2.62. The van der Waals surface area contributed by atoms with E-state index in [-0.39, 0.29) is 0 Å². The van der Waals surface area contributed by atoms with E-state index in [1.165, 1.54) is 64.0 Å². The van der Waals surface area contributed by atoms with Gasteiger partial charge in [-0.1, -0.05) is 44.4 Å². The SMILES string of the molecule is CCCCCCN1Cc2ccc(CN3CCN(C)CC3)cc2C1. The maximum Gasteiger partial charge on any atom is 0.0240 e. The lowest BCUT2D eigenvalue weighted by molar-refractivity contribution is 0.148. The molecule has 0 saturated carbocycles. The predicted octanol–water partition coefficient (Wildman–Crippen LogP) is 3.33. The van der Waals surface area contributed by atoms with Crippen molar-refractivity contribution in [3.05, 3.63) is 34.9 Å². The van der Waals surface area contributed by atoms with Gasteiger partial charge >= 0.3 is 0 Å². The quantitative estimate of drug-likeness (QED) is 0.715. The van der Waals surface area contributed by atoms with Crippen molar-refractivity contribution in [2.24, 2.45) is 0 Å². The van der Waals surface area contributed by atoms with E-state index in [9.17, 15) is 0 Å². The summed E-state index contributed by atoms with van der Waals surface area (Å²) in [5, 5.41) is 0. The van der Waals surface area contributed by atoms with Crippen LogP contribution >= 0.6 is 0 Å². The van der Waals surface area contributed by atoms with Gasteiger partial charge in [0.1, 0.15) is 0 Å². The largest absolute Gasteiger partial charge is 0.304 e. The van der Waals surface area contributed by atoms with E-state index < -0.39 is 0 Å². The van der Waals surface area contributed by atoms with Crippen LogP contribution in [0.4, 0.5) is 0 Å². The highest BCUT2D eigenvalue weighted by Crippen LogP contribution is 2.25. The molecule has 0 atom stereocenters. The summed E-state index contributed by atoms with van der Waals surface area (Å²) in [4.78, 5) is 7.65. The zero-order valence-corrected chi connectivity index (χ0v) is 15.1. The fraction of sp³-hybridized carbons (Fsp3) is 0.700. The first-order valence-electron chi connectivity index (χ1n) is 9.48. The van der Waals surface area contributed by atoms with Gasteiger partial charge in [-0.25, -0.2) is 0 Å². The van der Waals surface area contributed by atoms with E-state index in [0.717, 1.165) is 19.6 Å². The molecule has 0 aromatic heterocycles. The van der Waals surface area contributed by atoms with E-state index in [2.05, 4.69) is 46.9 Å². The third-order valence-electron chi connectivity index (χ3n) is 5.39. The summed E-state index contributed by atoms with van der Waals surface area (Å²) in [5.41, 5.74) is 4.64. The third-order valence-corrected chi connectivity index (χ3v) is 5.39. The van der Waals surface area contributed by atoms with Crippen molar-refractivity contribution in [2.75, 3.05) is 39.8 Å². The molecule has 3 nitrogen and oxygen atoms in total. The molecular formula is C20H33N3. The highest BCUT2D eigenvalue weighted by atomic mass is 15.2. The van der Waals surface area contributed by atoms with Crippen molar-refractivity contribution in [3.63, 3.8) is 0 Å². The van der Waals surface area contributed by atoms with Crippen LogP contribution < -0.4 is 0 Å². The molecule has 1 aromatic carbocycles. The summed E-state index contributed by atoms with van der Waals surface area (Å²) >= 11 is 0. The second kappa shape index (κ2) is 8.27. The van der Waals surface area contributed by atoms with Crippen LogP contribution in [0.5, 0.6) is 0 Å². The van der Waals surface area contributed by atoms with E-state index in [0.29, 0.717) is 0 Å². The smallest absolute Gasteiger partial charge is 0.0240 e. The average Bonchev–Trinajstić information content (AvgIpc) is 2.96. The van der Waals surface area contributed by atoms with Gasteiger partial charge in [-0.2, -0.15) is 0 Å². The molecule has 2 aliphatic heterocycles. The van der Waals surface area contributed by atoms with Crippen molar-refractivity contribution in [2.45, 2.75) is 52.2 Å². The monoisotopic (exact) mass is 315 g/mol. The van der Waals surface area contributed by atoms with Crippen LogP contribution in [-0.2, 0) is 19.6 Å². The van der Waals surface area contributed by atoms with E-state index >= 15 is 0 Å². The molecule has 0 radical (unpaired) electrons. The minimum atomic E-state index is 1.12. The molecule has 0 bridgehead atoms. The Morgan fingerprint density at radius 2 is 1.65 bits per heavy atom. The van der Waals surface area contributed by atoms with Crippen molar-refractivity contribution >= 4 is 0 Å². The molecule has 3 heteroatoms. The number of benzene rings is 1. The minimum Gasteiger partial charge on any atom is -0.304 e. The first-order chi connectivity index (χ1) is 11.2. The number of fused-ring (bicyclic) bond motifs is 1. The van der Waals surface area contributed by atoms with Gasteiger partial charge in [0.15, 0.2) is 0 Å². The van der Waals surface area contributed by atoms with Crippen molar-refractivity contribution < 1.29 is 0 Å². The molecule has 0 unspecified atom stereocenters. The number of unbranched alkanes of at least 4 members (excludes halogenated alkanes) is 3. The van der Waals surface area contributed by atoms with Crippen molar-refractivity contribution in [1.29, 1.82) is 0 Å². The van der Waals surface area contributed by atoms with E-state index in [4.69, 9.17) is 0 Å². The second-order valence-corrected chi connectivity index (χ2v) is 7.45. The lowest BCUT2D eigenvalue weighted by atomic mass is 10.1. The minimum absolute atomic E-state index is 1.12. The number of hydrogen-bond acceptors (Lipinski definition) is 3. The van der Waals surface area contributed by atoms with Crippen LogP contribution in [0.1, 0.15) is 49.3 Å². The molecule has 2 heterocycles. The summed E-state index contributed by atoms with van der Waals surface area (Å²) < 4.78 is 0. The standard InChI is InChI=1S/C20H33N3/c1-3-4-5-6-9-23-16-19-8-7-18(14-20(19)17-23)15-22-12-10-21(2)11-13-22/h7-8,14H,3-6,9-13,15-17H2,1-2H3. The maximum atomic E-state index is 2.62. The van der Waals surface area contributed by atoms with Crippen molar-refractivity contribution in [1.82, 2.24) is 14.7 Å². The topological polar surface area (TPSA) is 9.72 Å². The third kappa shape index (κ3) is 4.79. The Kier molecular flexibility index (Phi) is 6.09. The summed E-state index contributed by atoms with van der Waals surface area (Å²) in [7, 11) is 2.22. The Labute approximate surface area is 142 Å². The molecule has 0 amide bonds. The molecule has 1 aromatic rings. The zero-order valence-electron chi connectivity index (χ0n) is 15.1. The molecule has 2 aliphatic rings. The summed E-state index contributed by atoms with van der Waals surface area (Å²) in [6, 6.07) is 7.21. The predicted molar refractivity (Wildman–Crippen MR) is 97.5 cm³/mol. The molecular weight excluding hydrogens is 282 g/mol. The number of rotatable bonds is 7. The van der Waals surface area contributed by atoms with Gasteiger partial charge in [-0.15, -0.1) is 0 Å². The first kappa shape index (κ1) is 16.9. The molecule has 1 fully saturated rings. The van der Waals surface area contributed by atoms with Crippen LogP contribution in [0.2, 0.25) is 0 Å². The van der Waals surface area contributed by atoms with Gasteiger partial charge in [0, 0.05) is 45.8 Å². The highest BCUT2D eigenvalue weighted by molar-refractivity contribution is 5.34. The first-order valence-corrected chi connectivity index (χ1v) is 9.48. The van der Waals surface area contributed by atoms with Crippen LogP contribution in [0.15, 0.2) is 18.2 Å². The fourth-order valence-corrected chi connectivity index (χ4v) is 3.80. The summed E-state index contributed by atoms with van der Waals surface area (Å²) in [6.45, 7) is 11.8. The molecule has 0 aliphatic carbocycles. The average molecular weight is 316 g/mol. The second-order valence-electron chi connectivity index (χ2n) is 7.45. The molecule has 0 spiro atoms. The number of nitrogens with zero attached hydrogens (tertiary/aromatic N) is 3. The molecule has 1 saturated heterocycles. The Balaban J connectivity index is 1.49. The molecule has 23 heavy (non-hydrogen) atoms. The van der Waals surface area contributed by atoms with Crippen LogP contribution in [-0.4, -0.2) is 54.5 Å². The lowest BCUT2D eigenvalue weighted by Crippen LogP contribution is -2.43. The summed E-state index contributed by atoms with van der Waals surface area (Å²) in [6.07, 6.45) is 5.46. The van der Waals surface area contributed by atoms with Gasteiger partial charge in [-0.05, 0) is 36.7 Å². The fourth-order valence-electron chi connectivity index (χ4n) is 3.80. The van der Waals surface area contributed by atoms with Gasteiger partial charge in [-0.3, -0.25) is 9.80 Å². The Hall–Kier alpha value is -0.900. The number of likely N-dealkylation sites (N-methyl/N-ethyl adjacent to an activating group) is 1. The van der Waals surface area contributed by atoms with E-state index in [1.807, 2.05) is 0 Å². The van der Waals surface area contributed by atoms with Crippen LogP contribution in [0.25, 0.3) is 0 Å². The molecule has 3 rings (SSSR count). The van der Waals surface area contributed by atoms with Gasteiger partial charge < -0.3 is 4.90 Å². The number of hydrogen-bond donors (Lipinski definition) is 0. The van der Waals surface area contributed by atoms with Crippen LogP contribution in [0.3, 0.4) is 0 Å². The molecule has 0 N–H and O–H groups in total. The van der Waals surface area contributed by atoms with Crippen LogP contribution in [0, 0.1) is 0 Å². The Morgan fingerprint density at radius 3 is 2.43 bits per heavy atom. The van der Waals surface area contributed by atoms with Crippen molar-refractivity contribution in [3.8, 4) is 0 Å². The Morgan fingerprint density at radius 1 is 0.870 bits per heavy atom. The highest BCUT2D eigenvalue weighted by Gasteiger charge is 2.19. The van der Waals surface area contributed by atoms with Gasteiger partial charge in [0.2, 0.25) is 0 Å². The van der Waals surface area contributed by atoms with Gasteiger partial charge in [0.05, 0.1) is 0 Å². The Bertz CT molecular complexity index is 492. The van der Waals surface area contributed by atoms with E-state index in [1.54, 1.807) is 11.1 Å². The normalized spacial score (nSPS) is 20.1. The molecule has 128 valence electrons. The van der Waals surface area contributed by atoms with Gasteiger partial charge in [0.25, 0.3) is 0 Å².